The SMILES string of the molecule is OCCCc1c(-c2ccc(C3CC3)cc2F)cc(Cl)nc1Cl. The molecule has 0 aliphatic heterocycles. The molecule has 1 aromatic heterocycles. The van der Waals surface area contributed by atoms with Crippen molar-refractivity contribution in [3.05, 3.63) is 51.5 Å². The first-order chi connectivity index (χ1) is 10.6. The first-order valence-corrected chi connectivity index (χ1v) is 8.11. The van der Waals surface area contributed by atoms with E-state index in [1.165, 1.54) is 0 Å². The van der Waals surface area contributed by atoms with Crippen LogP contribution in [-0.4, -0.2) is 16.7 Å². The number of hydrogen-bond acceptors (Lipinski definition) is 2. The number of aliphatic hydroxyl groups is 1. The van der Waals surface area contributed by atoms with Crippen molar-refractivity contribution in [2.24, 2.45) is 0 Å². The van der Waals surface area contributed by atoms with Crippen LogP contribution in [0.3, 0.4) is 0 Å². The molecule has 1 aliphatic carbocycles. The van der Waals surface area contributed by atoms with Crippen LogP contribution >= 0.6 is 23.2 Å². The Bertz CT molecular complexity index is 701. The van der Waals surface area contributed by atoms with Gasteiger partial charge in [0.2, 0.25) is 0 Å². The average molecular weight is 340 g/mol. The molecule has 1 N–H and O–H groups in total. The molecule has 1 aliphatic rings. The standard InChI is InChI=1S/C17H16Cl2FNO/c18-16-9-14(13(2-1-7-22)17(19)21-16)12-6-5-11(8-15(12)20)10-3-4-10/h5-6,8-10,22H,1-4,7H2. The van der Waals surface area contributed by atoms with Crippen LogP contribution in [0.2, 0.25) is 10.3 Å². The Morgan fingerprint density at radius 1 is 1.18 bits per heavy atom. The third-order valence-electron chi connectivity index (χ3n) is 3.96. The zero-order chi connectivity index (χ0) is 15.7. The van der Waals surface area contributed by atoms with Crippen LogP contribution in [0.25, 0.3) is 11.1 Å². The summed E-state index contributed by atoms with van der Waals surface area (Å²) in [5.41, 5.74) is 2.89. The molecule has 0 atom stereocenters. The third-order valence-corrected chi connectivity index (χ3v) is 4.47. The highest BCUT2D eigenvalue weighted by molar-refractivity contribution is 6.33. The number of pyridine rings is 1. The molecular weight excluding hydrogens is 324 g/mol. The second-order valence-corrected chi connectivity index (χ2v) is 6.35. The topological polar surface area (TPSA) is 33.1 Å². The minimum absolute atomic E-state index is 0.0432. The summed E-state index contributed by atoms with van der Waals surface area (Å²) in [6.45, 7) is 0.0432. The highest BCUT2D eigenvalue weighted by Gasteiger charge is 2.25. The molecule has 5 heteroatoms. The highest BCUT2D eigenvalue weighted by Crippen LogP contribution is 2.42. The van der Waals surface area contributed by atoms with Gasteiger partial charge >= 0.3 is 0 Å². The molecule has 1 aromatic carbocycles. The second kappa shape index (κ2) is 6.53. The van der Waals surface area contributed by atoms with E-state index >= 15 is 0 Å². The van der Waals surface area contributed by atoms with Crippen molar-refractivity contribution < 1.29 is 9.50 Å². The fourth-order valence-corrected chi connectivity index (χ4v) is 3.19. The van der Waals surface area contributed by atoms with E-state index in [1.807, 2.05) is 6.07 Å². The molecule has 0 saturated heterocycles. The number of aromatic nitrogens is 1. The summed E-state index contributed by atoms with van der Waals surface area (Å²) in [7, 11) is 0. The molecule has 1 heterocycles. The van der Waals surface area contributed by atoms with Gasteiger partial charge in [-0.2, -0.15) is 0 Å². The number of aliphatic hydroxyl groups excluding tert-OH is 1. The molecule has 0 radical (unpaired) electrons. The lowest BCUT2D eigenvalue weighted by Crippen LogP contribution is -1.99. The van der Waals surface area contributed by atoms with Gasteiger partial charge in [0.25, 0.3) is 0 Å². The molecule has 0 amide bonds. The lowest BCUT2D eigenvalue weighted by Gasteiger charge is -2.13. The Labute approximate surface area is 138 Å². The van der Waals surface area contributed by atoms with Crippen LogP contribution in [0.5, 0.6) is 0 Å². The van der Waals surface area contributed by atoms with Crippen molar-refractivity contribution in [2.45, 2.75) is 31.6 Å². The van der Waals surface area contributed by atoms with Crippen LogP contribution in [0.1, 0.15) is 36.3 Å². The summed E-state index contributed by atoms with van der Waals surface area (Å²) in [6.07, 6.45) is 3.33. The van der Waals surface area contributed by atoms with Crippen LogP contribution in [-0.2, 0) is 6.42 Å². The summed E-state index contributed by atoms with van der Waals surface area (Å²) >= 11 is 12.1. The fraction of sp³-hybridized carbons (Fsp3) is 0.353. The largest absolute Gasteiger partial charge is 0.396 e. The van der Waals surface area contributed by atoms with Gasteiger partial charge in [-0.05, 0) is 60.4 Å². The Kier molecular flexibility index (Phi) is 4.67. The molecule has 22 heavy (non-hydrogen) atoms. The number of halogens is 3. The van der Waals surface area contributed by atoms with Crippen LogP contribution in [0.15, 0.2) is 24.3 Å². The molecule has 3 rings (SSSR count). The van der Waals surface area contributed by atoms with E-state index in [1.54, 1.807) is 18.2 Å². The summed E-state index contributed by atoms with van der Waals surface area (Å²) < 4.78 is 14.5. The molecular formula is C17H16Cl2FNO. The van der Waals surface area contributed by atoms with Gasteiger partial charge in [0.15, 0.2) is 0 Å². The summed E-state index contributed by atoms with van der Waals surface area (Å²) in [4.78, 5) is 4.02. The minimum atomic E-state index is -0.270. The summed E-state index contributed by atoms with van der Waals surface area (Å²) in [5, 5.41) is 9.53. The number of benzene rings is 1. The Hall–Kier alpha value is -1.16. The van der Waals surface area contributed by atoms with Crippen LogP contribution in [0.4, 0.5) is 4.39 Å². The monoisotopic (exact) mass is 339 g/mol. The third kappa shape index (κ3) is 3.27. The quantitative estimate of drug-likeness (QED) is 0.777. The van der Waals surface area contributed by atoms with Crippen LogP contribution < -0.4 is 0 Å². The normalized spacial score (nSPS) is 14.4. The van der Waals surface area contributed by atoms with Gasteiger partial charge in [0.1, 0.15) is 16.1 Å². The van der Waals surface area contributed by atoms with Gasteiger partial charge in [-0.25, -0.2) is 9.37 Å². The maximum absolute atomic E-state index is 14.5. The van der Waals surface area contributed by atoms with Crippen molar-refractivity contribution >= 4 is 23.2 Å². The zero-order valence-electron chi connectivity index (χ0n) is 12.0. The van der Waals surface area contributed by atoms with Gasteiger partial charge in [-0.3, -0.25) is 0 Å². The Morgan fingerprint density at radius 3 is 2.59 bits per heavy atom. The smallest absolute Gasteiger partial charge is 0.134 e. The van der Waals surface area contributed by atoms with Crippen molar-refractivity contribution in [2.75, 3.05) is 6.61 Å². The van der Waals surface area contributed by atoms with E-state index in [0.29, 0.717) is 29.9 Å². The van der Waals surface area contributed by atoms with Crippen LogP contribution in [0, 0.1) is 5.82 Å². The van der Waals surface area contributed by atoms with Gasteiger partial charge in [-0.15, -0.1) is 0 Å². The molecule has 2 aromatic rings. The lowest BCUT2D eigenvalue weighted by atomic mass is 9.96. The minimum Gasteiger partial charge on any atom is -0.396 e. The Morgan fingerprint density at radius 2 is 1.95 bits per heavy atom. The van der Waals surface area contributed by atoms with E-state index in [-0.39, 0.29) is 22.7 Å². The molecule has 0 bridgehead atoms. The number of nitrogens with zero attached hydrogens (tertiary/aromatic N) is 1. The van der Waals surface area contributed by atoms with E-state index < -0.39 is 0 Å². The first kappa shape index (κ1) is 15.7. The van der Waals surface area contributed by atoms with Crippen molar-refractivity contribution in [1.29, 1.82) is 0 Å². The molecule has 0 unspecified atom stereocenters. The molecule has 116 valence electrons. The van der Waals surface area contributed by atoms with Gasteiger partial charge in [0.05, 0.1) is 0 Å². The lowest BCUT2D eigenvalue weighted by molar-refractivity contribution is 0.288. The maximum Gasteiger partial charge on any atom is 0.134 e. The molecule has 1 saturated carbocycles. The van der Waals surface area contributed by atoms with Gasteiger partial charge < -0.3 is 5.11 Å². The number of hydrogen-bond donors (Lipinski definition) is 1. The highest BCUT2D eigenvalue weighted by atomic mass is 35.5. The average Bonchev–Trinajstić information content (AvgIpc) is 3.30. The zero-order valence-corrected chi connectivity index (χ0v) is 13.5. The first-order valence-electron chi connectivity index (χ1n) is 7.35. The summed E-state index contributed by atoms with van der Waals surface area (Å²) in [5.74, 6) is 0.231. The molecule has 2 nitrogen and oxygen atoms in total. The van der Waals surface area contributed by atoms with Crippen molar-refractivity contribution in [3.8, 4) is 11.1 Å². The van der Waals surface area contributed by atoms with Crippen molar-refractivity contribution in [1.82, 2.24) is 4.98 Å². The second-order valence-electron chi connectivity index (χ2n) is 5.60. The van der Waals surface area contributed by atoms with Crippen molar-refractivity contribution in [3.63, 3.8) is 0 Å². The predicted molar refractivity (Wildman–Crippen MR) is 87.0 cm³/mol. The molecule has 0 spiro atoms. The number of rotatable bonds is 5. The maximum atomic E-state index is 14.5. The fourth-order valence-electron chi connectivity index (χ4n) is 2.67. The Balaban J connectivity index is 2.06. The van der Waals surface area contributed by atoms with E-state index in [9.17, 15) is 4.39 Å². The summed E-state index contributed by atoms with van der Waals surface area (Å²) in [6, 6.07) is 6.99. The van der Waals surface area contributed by atoms with E-state index in [2.05, 4.69) is 4.98 Å². The van der Waals surface area contributed by atoms with Gasteiger partial charge in [-0.1, -0.05) is 35.3 Å². The molecule has 1 fully saturated rings. The van der Waals surface area contributed by atoms with E-state index in [0.717, 1.165) is 24.0 Å². The predicted octanol–water partition coefficient (Wildman–Crippen LogP) is 5.00. The van der Waals surface area contributed by atoms with Gasteiger partial charge in [0, 0.05) is 12.2 Å². The van der Waals surface area contributed by atoms with E-state index in [4.69, 9.17) is 28.3 Å².